The van der Waals surface area contributed by atoms with Crippen molar-refractivity contribution in [2.45, 2.75) is 45.6 Å². The standard InChI is InChI=1S/C24H28N2O5S2/c1-15(2)12-26(33(29,30)24-25-18(5)14-32-24)21-10-16(3)17(4)11-22(21)31-13-19-6-8-20(9-7-19)23(27)28/h6-11,14-15H,12-13H2,1-5H3,(H,27,28). The number of nitrogens with zero attached hydrogens (tertiary/aromatic N) is 2. The van der Waals surface area contributed by atoms with Gasteiger partial charge in [0.2, 0.25) is 4.34 Å². The molecule has 0 fully saturated rings. The van der Waals surface area contributed by atoms with Gasteiger partial charge in [0.1, 0.15) is 12.4 Å². The Morgan fingerprint density at radius 3 is 2.30 bits per heavy atom. The van der Waals surface area contributed by atoms with Gasteiger partial charge in [-0.2, -0.15) is 8.42 Å². The van der Waals surface area contributed by atoms with Gasteiger partial charge in [0, 0.05) is 17.6 Å². The maximum absolute atomic E-state index is 13.6. The molecule has 3 rings (SSSR count). The summed E-state index contributed by atoms with van der Waals surface area (Å²) in [5.41, 5.74) is 4.01. The number of carboxylic acids is 1. The summed E-state index contributed by atoms with van der Waals surface area (Å²) in [6.45, 7) is 10.00. The van der Waals surface area contributed by atoms with Crippen LogP contribution in [-0.4, -0.2) is 31.0 Å². The van der Waals surface area contributed by atoms with Crippen molar-refractivity contribution >= 4 is 33.0 Å². The quantitative estimate of drug-likeness (QED) is 0.445. The van der Waals surface area contributed by atoms with Crippen LogP contribution in [-0.2, 0) is 16.6 Å². The van der Waals surface area contributed by atoms with Crippen LogP contribution in [0.2, 0.25) is 0 Å². The highest BCUT2D eigenvalue weighted by atomic mass is 32.2. The lowest BCUT2D eigenvalue weighted by molar-refractivity contribution is 0.0697. The van der Waals surface area contributed by atoms with Gasteiger partial charge in [-0.25, -0.2) is 9.78 Å². The summed E-state index contributed by atoms with van der Waals surface area (Å²) >= 11 is 1.10. The first kappa shape index (κ1) is 24.7. The summed E-state index contributed by atoms with van der Waals surface area (Å²) in [5.74, 6) is -0.484. The molecule has 3 aromatic rings. The molecule has 0 aliphatic carbocycles. The van der Waals surface area contributed by atoms with E-state index in [-0.39, 0.29) is 29.0 Å². The molecule has 7 nitrogen and oxygen atoms in total. The molecule has 0 aliphatic rings. The average Bonchev–Trinajstić information content (AvgIpc) is 3.20. The second-order valence-corrected chi connectivity index (χ2v) is 11.3. The van der Waals surface area contributed by atoms with Gasteiger partial charge in [0.15, 0.2) is 0 Å². The molecular formula is C24H28N2O5S2. The molecule has 1 heterocycles. The molecule has 33 heavy (non-hydrogen) atoms. The van der Waals surface area contributed by atoms with Crippen molar-refractivity contribution in [3.8, 4) is 5.75 Å². The third kappa shape index (κ3) is 5.72. The van der Waals surface area contributed by atoms with E-state index in [1.807, 2.05) is 39.8 Å². The summed E-state index contributed by atoms with van der Waals surface area (Å²) in [6, 6.07) is 10.1. The second-order valence-electron chi connectivity index (χ2n) is 8.38. The molecule has 0 spiro atoms. The van der Waals surface area contributed by atoms with Gasteiger partial charge in [-0.1, -0.05) is 26.0 Å². The number of rotatable bonds is 9. The fourth-order valence-electron chi connectivity index (χ4n) is 3.19. The first-order valence-corrected chi connectivity index (χ1v) is 12.8. The van der Waals surface area contributed by atoms with E-state index in [9.17, 15) is 13.2 Å². The van der Waals surface area contributed by atoms with E-state index in [0.717, 1.165) is 28.0 Å². The Kier molecular flexibility index (Phi) is 7.44. The third-order valence-electron chi connectivity index (χ3n) is 5.08. The van der Waals surface area contributed by atoms with E-state index < -0.39 is 16.0 Å². The number of hydrogen-bond acceptors (Lipinski definition) is 6. The van der Waals surface area contributed by atoms with E-state index in [2.05, 4.69) is 4.98 Å². The second kappa shape index (κ2) is 9.93. The number of ether oxygens (including phenoxy) is 1. The van der Waals surface area contributed by atoms with Crippen molar-refractivity contribution in [3.63, 3.8) is 0 Å². The first-order chi connectivity index (χ1) is 15.5. The van der Waals surface area contributed by atoms with Crippen molar-refractivity contribution in [2.24, 2.45) is 5.92 Å². The molecule has 1 N–H and O–H groups in total. The van der Waals surface area contributed by atoms with Gasteiger partial charge >= 0.3 is 5.97 Å². The number of sulfonamides is 1. The largest absolute Gasteiger partial charge is 0.487 e. The molecule has 1 aromatic heterocycles. The molecule has 176 valence electrons. The summed E-state index contributed by atoms with van der Waals surface area (Å²) in [5, 5.41) is 10.8. The van der Waals surface area contributed by atoms with Crippen LogP contribution in [0.4, 0.5) is 5.69 Å². The monoisotopic (exact) mass is 488 g/mol. The zero-order valence-corrected chi connectivity index (χ0v) is 21.0. The first-order valence-electron chi connectivity index (χ1n) is 10.5. The Labute approximate surface area is 198 Å². The average molecular weight is 489 g/mol. The zero-order chi connectivity index (χ0) is 24.3. The van der Waals surface area contributed by atoms with Crippen molar-refractivity contribution in [1.29, 1.82) is 0 Å². The van der Waals surface area contributed by atoms with Crippen LogP contribution in [0.15, 0.2) is 46.1 Å². The van der Waals surface area contributed by atoms with E-state index in [1.165, 1.54) is 16.4 Å². The maximum Gasteiger partial charge on any atom is 0.335 e. The van der Waals surface area contributed by atoms with Crippen LogP contribution in [0, 0.1) is 26.7 Å². The normalized spacial score (nSPS) is 11.6. The lowest BCUT2D eigenvalue weighted by Gasteiger charge is -2.28. The highest BCUT2D eigenvalue weighted by molar-refractivity contribution is 7.94. The fourth-order valence-corrected chi connectivity index (χ4v) is 5.96. The van der Waals surface area contributed by atoms with Gasteiger partial charge < -0.3 is 9.84 Å². The highest BCUT2D eigenvalue weighted by Crippen LogP contribution is 2.36. The lowest BCUT2D eigenvalue weighted by atomic mass is 10.1. The summed E-state index contributed by atoms with van der Waals surface area (Å²) in [4.78, 5) is 15.3. The summed E-state index contributed by atoms with van der Waals surface area (Å²) in [7, 11) is -3.88. The van der Waals surface area contributed by atoms with Gasteiger partial charge in [0.05, 0.1) is 11.3 Å². The summed E-state index contributed by atoms with van der Waals surface area (Å²) in [6.07, 6.45) is 0. The topological polar surface area (TPSA) is 96.8 Å². The van der Waals surface area contributed by atoms with E-state index >= 15 is 0 Å². The minimum absolute atomic E-state index is 0.0501. The number of carboxylic acid groups (broad SMARTS) is 1. The third-order valence-corrected chi connectivity index (χ3v) is 8.21. The number of aryl methyl sites for hydroxylation is 3. The van der Waals surface area contributed by atoms with Crippen LogP contribution in [0.1, 0.15) is 46.6 Å². The molecule has 0 amide bonds. The Bertz CT molecular complexity index is 1250. The number of anilines is 1. The highest BCUT2D eigenvalue weighted by Gasteiger charge is 2.31. The maximum atomic E-state index is 13.6. The van der Waals surface area contributed by atoms with Crippen LogP contribution < -0.4 is 9.04 Å². The Morgan fingerprint density at radius 1 is 1.12 bits per heavy atom. The molecular weight excluding hydrogens is 460 g/mol. The smallest absolute Gasteiger partial charge is 0.335 e. The van der Waals surface area contributed by atoms with E-state index in [0.29, 0.717) is 17.1 Å². The predicted molar refractivity (Wildman–Crippen MR) is 130 cm³/mol. The molecule has 9 heteroatoms. The number of thiazole rings is 1. The molecule has 0 atom stereocenters. The SMILES string of the molecule is Cc1csc(S(=O)(=O)N(CC(C)C)c2cc(C)c(C)cc2OCc2ccc(C(=O)O)cc2)n1. The molecule has 0 saturated heterocycles. The molecule has 0 aliphatic heterocycles. The van der Waals surface area contributed by atoms with E-state index in [1.54, 1.807) is 24.4 Å². The van der Waals surface area contributed by atoms with Crippen LogP contribution in [0.5, 0.6) is 5.75 Å². The number of aromatic nitrogens is 1. The number of aromatic carboxylic acids is 1. The van der Waals surface area contributed by atoms with Gasteiger partial charge in [-0.05, 0) is 67.6 Å². The Balaban J connectivity index is 2.01. The molecule has 0 unspecified atom stereocenters. The number of hydrogen-bond donors (Lipinski definition) is 1. The van der Waals surface area contributed by atoms with Crippen LogP contribution in [0.25, 0.3) is 0 Å². The zero-order valence-electron chi connectivity index (χ0n) is 19.3. The Morgan fingerprint density at radius 2 is 1.76 bits per heavy atom. The van der Waals surface area contributed by atoms with Gasteiger partial charge in [-0.3, -0.25) is 4.31 Å². The lowest BCUT2D eigenvalue weighted by Crippen LogP contribution is -2.34. The van der Waals surface area contributed by atoms with Crippen LogP contribution >= 0.6 is 11.3 Å². The molecule has 0 bridgehead atoms. The van der Waals surface area contributed by atoms with Gasteiger partial charge in [-0.15, -0.1) is 11.3 Å². The van der Waals surface area contributed by atoms with Crippen LogP contribution in [0.3, 0.4) is 0 Å². The van der Waals surface area contributed by atoms with Crippen molar-refractivity contribution in [2.75, 3.05) is 10.8 Å². The summed E-state index contributed by atoms with van der Waals surface area (Å²) < 4.78 is 34.7. The minimum atomic E-state index is -3.88. The minimum Gasteiger partial charge on any atom is -0.487 e. The molecule has 2 aromatic carbocycles. The Hall–Kier alpha value is -2.91. The van der Waals surface area contributed by atoms with Crippen molar-refractivity contribution < 1.29 is 23.1 Å². The fraction of sp³-hybridized carbons (Fsp3) is 0.333. The van der Waals surface area contributed by atoms with Crippen molar-refractivity contribution in [3.05, 3.63) is 69.7 Å². The molecule has 0 saturated carbocycles. The number of benzene rings is 2. The molecule has 0 radical (unpaired) electrons. The van der Waals surface area contributed by atoms with Gasteiger partial charge in [0.25, 0.3) is 10.0 Å². The van der Waals surface area contributed by atoms with E-state index in [4.69, 9.17) is 9.84 Å². The predicted octanol–water partition coefficient (Wildman–Crippen LogP) is 5.20. The number of carbonyl (C=O) groups is 1. The van der Waals surface area contributed by atoms with Crippen molar-refractivity contribution in [1.82, 2.24) is 4.98 Å².